The van der Waals surface area contributed by atoms with E-state index in [0.717, 1.165) is 16.9 Å². The van der Waals surface area contributed by atoms with Crippen LogP contribution in [0.5, 0.6) is 0 Å². The standard InChI is InChI=1S/C21H22N4O2S/c1-14(2)16-10-6-7-11-17(16)25-18(15-8-4-3-5-9-15)12-23-21(25)28-13-19(26)24-20(22)27/h3-12,14H,13H2,1-2H3,(H3,22,24,26,27). The van der Waals surface area contributed by atoms with Crippen molar-refractivity contribution < 1.29 is 9.59 Å². The fourth-order valence-electron chi connectivity index (χ4n) is 2.97. The summed E-state index contributed by atoms with van der Waals surface area (Å²) < 4.78 is 2.06. The lowest BCUT2D eigenvalue weighted by molar-refractivity contribution is -0.117. The highest BCUT2D eigenvalue weighted by molar-refractivity contribution is 7.99. The van der Waals surface area contributed by atoms with Gasteiger partial charge >= 0.3 is 6.03 Å². The number of hydrogen-bond acceptors (Lipinski definition) is 4. The van der Waals surface area contributed by atoms with Gasteiger partial charge in [-0.1, -0.05) is 74.1 Å². The van der Waals surface area contributed by atoms with Crippen molar-refractivity contribution >= 4 is 23.7 Å². The number of hydrogen-bond donors (Lipinski definition) is 2. The molecule has 0 bridgehead atoms. The molecule has 144 valence electrons. The first-order valence-electron chi connectivity index (χ1n) is 8.92. The summed E-state index contributed by atoms with van der Waals surface area (Å²) in [4.78, 5) is 27.3. The van der Waals surface area contributed by atoms with Gasteiger partial charge < -0.3 is 5.73 Å². The number of benzene rings is 2. The molecule has 1 aromatic heterocycles. The molecule has 3 rings (SSSR count). The van der Waals surface area contributed by atoms with E-state index in [1.165, 1.54) is 17.3 Å². The monoisotopic (exact) mass is 394 g/mol. The van der Waals surface area contributed by atoms with Crippen molar-refractivity contribution in [2.45, 2.75) is 24.9 Å². The van der Waals surface area contributed by atoms with E-state index in [4.69, 9.17) is 5.73 Å². The van der Waals surface area contributed by atoms with Crippen LogP contribution in [-0.2, 0) is 4.79 Å². The summed E-state index contributed by atoms with van der Waals surface area (Å²) in [6.07, 6.45) is 1.81. The number of nitrogens with zero attached hydrogens (tertiary/aromatic N) is 2. The molecule has 6 nitrogen and oxygen atoms in total. The zero-order valence-corrected chi connectivity index (χ0v) is 16.6. The first-order valence-corrected chi connectivity index (χ1v) is 9.90. The van der Waals surface area contributed by atoms with Crippen LogP contribution in [0, 0.1) is 0 Å². The van der Waals surface area contributed by atoms with Crippen LogP contribution in [0.2, 0.25) is 0 Å². The van der Waals surface area contributed by atoms with E-state index >= 15 is 0 Å². The summed E-state index contributed by atoms with van der Waals surface area (Å²) >= 11 is 1.26. The second kappa shape index (κ2) is 8.75. The second-order valence-electron chi connectivity index (χ2n) is 6.54. The van der Waals surface area contributed by atoms with Gasteiger partial charge in [-0.25, -0.2) is 9.78 Å². The van der Waals surface area contributed by atoms with Gasteiger partial charge in [0.1, 0.15) is 0 Å². The summed E-state index contributed by atoms with van der Waals surface area (Å²) in [5.74, 6) is -0.0958. The van der Waals surface area contributed by atoms with Crippen molar-refractivity contribution in [2.24, 2.45) is 5.73 Å². The maximum Gasteiger partial charge on any atom is 0.318 e. The first-order chi connectivity index (χ1) is 13.5. The van der Waals surface area contributed by atoms with Crippen molar-refractivity contribution in [3.63, 3.8) is 0 Å². The number of carbonyl (C=O) groups excluding carboxylic acids is 2. The number of imidazole rings is 1. The molecule has 1 heterocycles. The van der Waals surface area contributed by atoms with Crippen molar-refractivity contribution in [3.8, 4) is 16.9 Å². The predicted molar refractivity (Wildman–Crippen MR) is 112 cm³/mol. The van der Waals surface area contributed by atoms with Crippen LogP contribution in [0.15, 0.2) is 66.0 Å². The van der Waals surface area contributed by atoms with Gasteiger partial charge in [0, 0.05) is 5.56 Å². The fraction of sp³-hybridized carbons (Fsp3) is 0.190. The molecule has 28 heavy (non-hydrogen) atoms. The normalized spacial score (nSPS) is 10.8. The van der Waals surface area contributed by atoms with Crippen molar-refractivity contribution in [1.82, 2.24) is 14.9 Å². The van der Waals surface area contributed by atoms with Gasteiger partial charge in [-0.3, -0.25) is 14.7 Å². The van der Waals surface area contributed by atoms with Crippen LogP contribution in [0.3, 0.4) is 0 Å². The summed E-state index contributed by atoms with van der Waals surface area (Å²) in [6.45, 7) is 4.29. The Balaban J connectivity index is 2.06. The SMILES string of the molecule is CC(C)c1ccccc1-n1c(-c2ccccc2)cnc1SCC(=O)NC(N)=O. The molecule has 3 aromatic rings. The van der Waals surface area contributed by atoms with Gasteiger partial charge in [-0.2, -0.15) is 0 Å². The average Bonchev–Trinajstić information content (AvgIpc) is 3.10. The zero-order chi connectivity index (χ0) is 20.1. The molecule has 0 unspecified atom stereocenters. The molecule has 0 radical (unpaired) electrons. The lowest BCUT2D eigenvalue weighted by atomic mass is 10.0. The van der Waals surface area contributed by atoms with Gasteiger partial charge in [0.2, 0.25) is 5.91 Å². The predicted octanol–water partition coefficient (Wildman–Crippen LogP) is 3.95. The molecular weight excluding hydrogens is 372 g/mol. The topological polar surface area (TPSA) is 90.0 Å². The second-order valence-corrected chi connectivity index (χ2v) is 7.48. The molecule has 0 atom stereocenters. The maximum atomic E-state index is 11.9. The van der Waals surface area contributed by atoms with Gasteiger partial charge in [0.05, 0.1) is 23.3 Å². The highest BCUT2D eigenvalue weighted by atomic mass is 32.2. The molecule has 0 fully saturated rings. The largest absolute Gasteiger partial charge is 0.351 e. The van der Waals surface area contributed by atoms with Crippen LogP contribution in [0.1, 0.15) is 25.3 Å². The average molecular weight is 395 g/mol. The van der Waals surface area contributed by atoms with Crippen molar-refractivity contribution in [1.29, 1.82) is 0 Å². The summed E-state index contributed by atoms with van der Waals surface area (Å²) in [5.41, 5.74) is 9.18. The number of thioether (sulfide) groups is 1. The molecule has 3 N–H and O–H groups in total. The molecule has 0 aliphatic heterocycles. The van der Waals surface area contributed by atoms with E-state index in [2.05, 4.69) is 40.8 Å². The first kappa shape index (κ1) is 19.7. The number of nitrogens with two attached hydrogens (primary N) is 1. The van der Waals surface area contributed by atoms with E-state index in [0.29, 0.717) is 11.1 Å². The Morgan fingerprint density at radius 1 is 1.11 bits per heavy atom. The van der Waals surface area contributed by atoms with Gasteiger partial charge in [-0.15, -0.1) is 0 Å². The summed E-state index contributed by atoms with van der Waals surface area (Å²) in [6, 6.07) is 17.3. The highest BCUT2D eigenvalue weighted by Gasteiger charge is 2.18. The summed E-state index contributed by atoms with van der Waals surface area (Å²) in [5, 5.41) is 2.76. The van der Waals surface area contributed by atoms with E-state index in [-0.39, 0.29) is 5.75 Å². The molecular formula is C21H22N4O2S. The van der Waals surface area contributed by atoms with Crippen LogP contribution >= 0.6 is 11.8 Å². The number of primary amides is 1. The molecule has 0 saturated heterocycles. The van der Waals surface area contributed by atoms with Crippen LogP contribution in [0.4, 0.5) is 4.79 Å². The van der Waals surface area contributed by atoms with Crippen molar-refractivity contribution in [2.75, 3.05) is 5.75 Å². The quantitative estimate of drug-likeness (QED) is 0.620. The molecule has 0 aliphatic rings. The minimum absolute atomic E-state index is 0.0397. The molecule has 3 amide bonds. The molecule has 0 aliphatic carbocycles. The minimum Gasteiger partial charge on any atom is -0.351 e. The minimum atomic E-state index is -0.857. The van der Waals surface area contributed by atoms with Gasteiger partial charge in [0.25, 0.3) is 0 Å². The lowest BCUT2D eigenvalue weighted by Gasteiger charge is -2.18. The number of aromatic nitrogens is 2. The third kappa shape index (κ3) is 4.43. The number of imide groups is 1. The number of para-hydroxylation sites is 1. The molecule has 0 saturated carbocycles. The third-order valence-electron chi connectivity index (χ3n) is 4.19. The summed E-state index contributed by atoms with van der Waals surface area (Å²) in [7, 11) is 0. The number of nitrogens with one attached hydrogen (secondary N) is 1. The van der Waals surface area contributed by atoms with Crippen LogP contribution < -0.4 is 11.1 Å². The van der Waals surface area contributed by atoms with E-state index in [1.807, 2.05) is 42.5 Å². The Kier molecular flexibility index (Phi) is 6.16. The number of carbonyl (C=O) groups is 2. The zero-order valence-electron chi connectivity index (χ0n) is 15.8. The Bertz CT molecular complexity index is 983. The fourth-order valence-corrected chi connectivity index (χ4v) is 3.75. The number of amides is 3. The number of rotatable bonds is 6. The lowest BCUT2D eigenvalue weighted by Crippen LogP contribution is -2.36. The third-order valence-corrected chi connectivity index (χ3v) is 5.15. The highest BCUT2D eigenvalue weighted by Crippen LogP contribution is 2.33. The Labute approximate surface area is 168 Å². The van der Waals surface area contributed by atoms with Gasteiger partial charge in [0.15, 0.2) is 5.16 Å². The van der Waals surface area contributed by atoms with Crippen LogP contribution in [0.25, 0.3) is 16.9 Å². The smallest absolute Gasteiger partial charge is 0.318 e. The van der Waals surface area contributed by atoms with Gasteiger partial charge in [-0.05, 0) is 17.5 Å². The number of urea groups is 1. The Morgan fingerprint density at radius 2 is 1.79 bits per heavy atom. The van der Waals surface area contributed by atoms with Crippen molar-refractivity contribution in [3.05, 3.63) is 66.4 Å². The molecule has 0 spiro atoms. The van der Waals surface area contributed by atoms with E-state index in [9.17, 15) is 9.59 Å². The maximum absolute atomic E-state index is 11.9. The van der Waals surface area contributed by atoms with E-state index in [1.54, 1.807) is 6.20 Å². The Hall–Kier alpha value is -3.06. The van der Waals surface area contributed by atoms with E-state index < -0.39 is 11.9 Å². The molecule has 7 heteroatoms. The molecule has 2 aromatic carbocycles. The van der Waals surface area contributed by atoms with Crippen LogP contribution in [-0.4, -0.2) is 27.2 Å². The Morgan fingerprint density at radius 3 is 2.46 bits per heavy atom.